The molecule has 0 bridgehead atoms. The van der Waals surface area contributed by atoms with Crippen molar-refractivity contribution < 1.29 is 28.6 Å². The topological polar surface area (TPSA) is 103 Å². The minimum absolute atomic E-state index is 0.0373. The van der Waals surface area contributed by atoms with Crippen LogP contribution in [0.5, 0.6) is 11.5 Å². The third-order valence-electron chi connectivity index (χ3n) is 4.60. The summed E-state index contributed by atoms with van der Waals surface area (Å²) in [5.74, 6) is 0.244. The van der Waals surface area contributed by atoms with E-state index in [0.29, 0.717) is 30.9 Å². The molecule has 1 aromatic carbocycles. The Bertz CT molecular complexity index is 832. The summed E-state index contributed by atoms with van der Waals surface area (Å²) < 4.78 is 15.5. The van der Waals surface area contributed by atoms with E-state index < -0.39 is 12.0 Å². The van der Waals surface area contributed by atoms with Crippen molar-refractivity contribution in [1.29, 1.82) is 0 Å². The fourth-order valence-corrected chi connectivity index (χ4v) is 3.17. The lowest BCUT2D eigenvalue weighted by molar-refractivity contribution is -0.137. The first kappa shape index (κ1) is 20.4. The van der Waals surface area contributed by atoms with Gasteiger partial charge in [0.15, 0.2) is 11.5 Å². The van der Waals surface area contributed by atoms with Crippen LogP contribution in [-0.4, -0.2) is 43.8 Å². The highest BCUT2D eigenvalue weighted by atomic mass is 16.7. The molecule has 0 saturated carbocycles. The number of amides is 2. The number of esters is 1. The van der Waals surface area contributed by atoms with Gasteiger partial charge in [-0.2, -0.15) is 0 Å². The molecule has 0 spiro atoms. The van der Waals surface area contributed by atoms with Gasteiger partial charge in [0.2, 0.25) is 18.6 Å². The summed E-state index contributed by atoms with van der Waals surface area (Å²) in [5.41, 5.74) is 0.790. The van der Waals surface area contributed by atoms with E-state index in [9.17, 15) is 14.4 Å². The fraction of sp³-hybridized carbons (Fsp3) is 0.381. The Morgan fingerprint density at radius 2 is 2.14 bits per heavy atom. The zero-order chi connectivity index (χ0) is 20.6. The largest absolute Gasteiger partial charge is 0.463 e. The molecule has 1 fully saturated rings. The number of rotatable bonds is 8. The second kappa shape index (κ2) is 9.77. The van der Waals surface area contributed by atoms with E-state index >= 15 is 0 Å². The quantitative estimate of drug-likeness (QED) is 0.507. The number of fused-ring (bicyclic) bond motifs is 1. The highest BCUT2D eigenvalue weighted by Crippen LogP contribution is 2.32. The Hall–Kier alpha value is -3.29. The molecule has 0 aliphatic carbocycles. The highest BCUT2D eigenvalue weighted by molar-refractivity contribution is 5.92. The summed E-state index contributed by atoms with van der Waals surface area (Å²) in [6.45, 7) is 2.79. The van der Waals surface area contributed by atoms with Crippen LogP contribution in [0.4, 0.5) is 0 Å². The summed E-state index contributed by atoms with van der Waals surface area (Å²) in [4.78, 5) is 35.8. The summed E-state index contributed by atoms with van der Waals surface area (Å²) >= 11 is 0. The van der Waals surface area contributed by atoms with Crippen molar-refractivity contribution in [3.05, 3.63) is 42.0 Å². The molecular formula is C21H24N2O6. The van der Waals surface area contributed by atoms with Gasteiger partial charge in [0.25, 0.3) is 0 Å². The van der Waals surface area contributed by atoms with E-state index in [0.717, 1.165) is 5.56 Å². The van der Waals surface area contributed by atoms with Gasteiger partial charge in [-0.25, -0.2) is 4.79 Å². The van der Waals surface area contributed by atoms with Crippen LogP contribution in [0.25, 0.3) is 6.08 Å². The first-order valence-corrected chi connectivity index (χ1v) is 9.56. The zero-order valence-electron chi connectivity index (χ0n) is 16.2. The van der Waals surface area contributed by atoms with Crippen molar-refractivity contribution in [2.45, 2.75) is 25.8 Å². The van der Waals surface area contributed by atoms with Crippen LogP contribution in [0.15, 0.2) is 36.4 Å². The van der Waals surface area contributed by atoms with Gasteiger partial charge < -0.3 is 24.8 Å². The summed E-state index contributed by atoms with van der Waals surface area (Å²) in [6.07, 6.45) is 7.01. The van der Waals surface area contributed by atoms with Gasteiger partial charge >= 0.3 is 5.97 Å². The van der Waals surface area contributed by atoms with E-state index in [1.54, 1.807) is 31.2 Å². The Kier molecular flexibility index (Phi) is 6.89. The van der Waals surface area contributed by atoms with Gasteiger partial charge in [0, 0.05) is 30.7 Å². The monoisotopic (exact) mass is 400 g/mol. The Labute approximate surface area is 168 Å². The van der Waals surface area contributed by atoms with Gasteiger partial charge in [-0.1, -0.05) is 12.1 Å². The van der Waals surface area contributed by atoms with Gasteiger partial charge in [0.1, 0.15) is 0 Å². The Morgan fingerprint density at radius 3 is 2.90 bits per heavy atom. The molecule has 2 N–H and O–H groups in total. The molecule has 0 radical (unpaired) electrons. The summed E-state index contributed by atoms with van der Waals surface area (Å²) in [5, 5.41) is 5.61. The van der Waals surface area contributed by atoms with Crippen LogP contribution in [0.2, 0.25) is 0 Å². The lowest BCUT2D eigenvalue weighted by atomic mass is 9.98. The van der Waals surface area contributed by atoms with E-state index in [4.69, 9.17) is 14.2 Å². The first-order chi connectivity index (χ1) is 14.0. The standard InChI is InChI=1S/C21H24N2O6/c1-2-27-20(25)8-5-16(12-15-9-10-22-21(15)26)23-19(24)7-4-14-3-6-17-18(11-14)29-13-28-17/h3-8,11,15-16H,2,9-10,12-13H2,1H3,(H,22,26)(H,23,24)/t15-,16+/m0/s1. The van der Waals surface area contributed by atoms with Crippen LogP contribution < -0.4 is 20.1 Å². The van der Waals surface area contributed by atoms with Crippen molar-refractivity contribution in [2.75, 3.05) is 19.9 Å². The molecule has 2 aliphatic rings. The maximum atomic E-state index is 12.4. The predicted octanol–water partition coefficient (Wildman–Crippen LogP) is 1.56. The maximum Gasteiger partial charge on any atom is 0.330 e. The van der Waals surface area contributed by atoms with Gasteiger partial charge in [-0.3, -0.25) is 9.59 Å². The van der Waals surface area contributed by atoms with Crippen molar-refractivity contribution >= 4 is 23.9 Å². The van der Waals surface area contributed by atoms with Gasteiger partial charge in [0.05, 0.1) is 6.61 Å². The van der Waals surface area contributed by atoms with E-state index in [2.05, 4.69) is 10.6 Å². The number of hydrogen-bond acceptors (Lipinski definition) is 6. The Balaban J connectivity index is 1.62. The van der Waals surface area contributed by atoms with Crippen molar-refractivity contribution in [2.24, 2.45) is 5.92 Å². The molecule has 0 aromatic heterocycles. The minimum atomic E-state index is -0.487. The molecule has 2 atom stereocenters. The van der Waals surface area contributed by atoms with E-state index in [1.165, 1.54) is 12.2 Å². The lowest BCUT2D eigenvalue weighted by Crippen LogP contribution is -2.35. The van der Waals surface area contributed by atoms with Crippen LogP contribution >= 0.6 is 0 Å². The molecule has 8 nitrogen and oxygen atoms in total. The smallest absolute Gasteiger partial charge is 0.330 e. The van der Waals surface area contributed by atoms with Crippen LogP contribution in [-0.2, 0) is 19.1 Å². The second-order valence-electron chi connectivity index (χ2n) is 6.68. The van der Waals surface area contributed by atoms with Crippen molar-refractivity contribution in [3.63, 3.8) is 0 Å². The van der Waals surface area contributed by atoms with E-state index in [1.807, 2.05) is 6.07 Å². The number of hydrogen-bond donors (Lipinski definition) is 2. The first-order valence-electron chi connectivity index (χ1n) is 9.56. The molecular weight excluding hydrogens is 376 g/mol. The molecule has 1 aromatic rings. The Morgan fingerprint density at radius 1 is 1.31 bits per heavy atom. The number of benzene rings is 1. The molecule has 2 heterocycles. The zero-order valence-corrected chi connectivity index (χ0v) is 16.2. The third kappa shape index (κ3) is 5.84. The highest BCUT2D eigenvalue weighted by Gasteiger charge is 2.27. The minimum Gasteiger partial charge on any atom is -0.463 e. The molecule has 2 amide bonds. The SMILES string of the molecule is CCOC(=O)C=C[C@H](C[C@@H]1CCNC1=O)NC(=O)C=Cc1ccc2c(c1)OCO2. The molecule has 8 heteroatoms. The molecule has 1 saturated heterocycles. The average molecular weight is 400 g/mol. The normalized spacial score (nSPS) is 18.8. The number of carbonyl (C=O) groups excluding carboxylic acids is 3. The van der Waals surface area contributed by atoms with E-state index in [-0.39, 0.29) is 31.1 Å². The average Bonchev–Trinajstić information content (AvgIpc) is 3.33. The molecule has 154 valence electrons. The number of carbonyl (C=O) groups is 3. The number of nitrogens with one attached hydrogen (secondary N) is 2. The van der Waals surface area contributed by atoms with Crippen LogP contribution in [0.1, 0.15) is 25.3 Å². The van der Waals surface area contributed by atoms with Crippen LogP contribution in [0, 0.1) is 5.92 Å². The molecule has 29 heavy (non-hydrogen) atoms. The van der Waals surface area contributed by atoms with Crippen molar-refractivity contribution in [1.82, 2.24) is 10.6 Å². The van der Waals surface area contributed by atoms with Crippen molar-refractivity contribution in [3.8, 4) is 11.5 Å². The summed E-state index contributed by atoms with van der Waals surface area (Å²) in [7, 11) is 0. The molecule has 3 rings (SSSR count). The third-order valence-corrected chi connectivity index (χ3v) is 4.60. The van der Waals surface area contributed by atoms with Gasteiger partial charge in [-0.15, -0.1) is 0 Å². The summed E-state index contributed by atoms with van der Waals surface area (Å²) in [6, 6.07) is 4.91. The lowest BCUT2D eigenvalue weighted by Gasteiger charge is -2.17. The fourth-order valence-electron chi connectivity index (χ4n) is 3.17. The molecule has 2 aliphatic heterocycles. The number of ether oxygens (including phenoxy) is 3. The van der Waals surface area contributed by atoms with Crippen LogP contribution in [0.3, 0.4) is 0 Å². The predicted molar refractivity (Wildman–Crippen MR) is 105 cm³/mol. The molecule has 0 unspecified atom stereocenters. The van der Waals surface area contributed by atoms with Gasteiger partial charge in [-0.05, 0) is 43.5 Å². The second-order valence-corrected chi connectivity index (χ2v) is 6.68. The maximum absolute atomic E-state index is 12.4.